The van der Waals surface area contributed by atoms with Gasteiger partial charge in [0, 0.05) is 6.42 Å². The molecule has 0 amide bonds. The van der Waals surface area contributed by atoms with Gasteiger partial charge in [-0.15, -0.1) is 0 Å². The van der Waals surface area contributed by atoms with E-state index in [2.05, 4.69) is 4.98 Å². The van der Waals surface area contributed by atoms with Crippen LogP contribution >= 0.6 is 34.8 Å². The Kier molecular flexibility index (Phi) is 3.22. The third kappa shape index (κ3) is 3.55. The van der Waals surface area contributed by atoms with E-state index in [1.165, 1.54) is 6.07 Å². The fourth-order valence-electron chi connectivity index (χ4n) is 0.817. The summed E-state index contributed by atoms with van der Waals surface area (Å²) in [5.41, 5.74) is 6.05. The van der Waals surface area contributed by atoms with Crippen LogP contribution in [0.25, 0.3) is 0 Å². The molecular formula is C7H6Cl3FN2. The Hall–Kier alpha value is -0.250. The number of aromatic nitrogens is 1. The second-order valence-electron chi connectivity index (χ2n) is 2.46. The largest absolute Gasteiger partial charge is 0.397 e. The molecule has 0 saturated heterocycles. The zero-order valence-corrected chi connectivity index (χ0v) is 8.67. The lowest BCUT2D eigenvalue weighted by Gasteiger charge is -2.11. The maximum absolute atomic E-state index is 12.6. The molecule has 0 radical (unpaired) electrons. The summed E-state index contributed by atoms with van der Waals surface area (Å²) in [7, 11) is 0. The van der Waals surface area contributed by atoms with E-state index in [9.17, 15) is 4.39 Å². The maximum Gasteiger partial charge on any atom is 0.213 e. The second-order valence-corrected chi connectivity index (χ2v) is 4.98. The minimum absolute atomic E-state index is 0.0126. The standard InChI is InChI=1S/C7H6Cl3FN2/c8-7(9,10)3-5-4(12)1-2-6(11)13-5/h1-2H,3,12H2. The fraction of sp³-hybridized carbons (Fsp3) is 0.286. The summed E-state index contributed by atoms with van der Waals surface area (Å²) < 4.78 is 11.1. The first-order chi connectivity index (χ1) is 5.88. The molecule has 0 aliphatic rings. The van der Waals surface area contributed by atoms with Crippen molar-refractivity contribution < 1.29 is 4.39 Å². The first-order valence-electron chi connectivity index (χ1n) is 3.36. The Labute approximate surface area is 89.8 Å². The van der Waals surface area contributed by atoms with E-state index in [-0.39, 0.29) is 12.1 Å². The molecule has 0 aliphatic carbocycles. The topological polar surface area (TPSA) is 38.9 Å². The van der Waals surface area contributed by atoms with Crippen molar-refractivity contribution in [1.82, 2.24) is 4.98 Å². The van der Waals surface area contributed by atoms with Crippen molar-refractivity contribution in [2.75, 3.05) is 5.73 Å². The van der Waals surface area contributed by atoms with Gasteiger partial charge in [-0.05, 0) is 12.1 Å². The third-order valence-corrected chi connectivity index (χ3v) is 1.74. The average Bonchev–Trinajstić information content (AvgIpc) is 1.94. The van der Waals surface area contributed by atoms with Crippen LogP contribution in [0.4, 0.5) is 10.1 Å². The third-order valence-electron chi connectivity index (χ3n) is 1.34. The van der Waals surface area contributed by atoms with Gasteiger partial charge in [-0.1, -0.05) is 34.8 Å². The van der Waals surface area contributed by atoms with Gasteiger partial charge < -0.3 is 5.73 Å². The van der Waals surface area contributed by atoms with E-state index in [1.807, 2.05) is 0 Å². The minimum atomic E-state index is -1.51. The Balaban J connectivity index is 2.94. The molecule has 1 rings (SSSR count). The molecule has 0 bridgehead atoms. The molecule has 2 N–H and O–H groups in total. The van der Waals surface area contributed by atoms with Gasteiger partial charge in [-0.2, -0.15) is 4.39 Å². The van der Waals surface area contributed by atoms with Gasteiger partial charge in [-0.25, -0.2) is 4.98 Å². The highest BCUT2D eigenvalue weighted by Crippen LogP contribution is 2.31. The number of alkyl halides is 3. The summed E-state index contributed by atoms with van der Waals surface area (Å²) in [4.78, 5) is 3.51. The van der Waals surface area contributed by atoms with Crippen molar-refractivity contribution in [2.24, 2.45) is 0 Å². The van der Waals surface area contributed by atoms with Crippen molar-refractivity contribution in [3.05, 3.63) is 23.8 Å². The van der Waals surface area contributed by atoms with Crippen LogP contribution in [0.5, 0.6) is 0 Å². The van der Waals surface area contributed by atoms with Crippen LogP contribution in [0.1, 0.15) is 5.69 Å². The molecule has 2 nitrogen and oxygen atoms in total. The number of rotatable bonds is 1. The predicted molar refractivity (Wildman–Crippen MR) is 52.6 cm³/mol. The minimum Gasteiger partial charge on any atom is -0.397 e. The lowest BCUT2D eigenvalue weighted by molar-refractivity contribution is 0.577. The number of hydrogen-bond donors (Lipinski definition) is 1. The Bertz CT molecular complexity index is 311. The number of hydrogen-bond acceptors (Lipinski definition) is 2. The Morgan fingerprint density at radius 2 is 2.00 bits per heavy atom. The van der Waals surface area contributed by atoms with Crippen LogP contribution in [0.2, 0.25) is 0 Å². The van der Waals surface area contributed by atoms with Crippen molar-refractivity contribution >= 4 is 40.5 Å². The van der Waals surface area contributed by atoms with Crippen LogP contribution in [-0.4, -0.2) is 8.78 Å². The van der Waals surface area contributed by atoms with Gasteiger partial charge in [0.25, 0.3) is 0 Å². The quantitative estimate of drug-likeness (QED) is 0.608. The molecule has 13 heavy (non-hydrogen) atoms. The van der Waals surface area contributed by atoms with E-state index >= 15 is 0 Å². The van der Waals surface area contributed by atoms with Crippen molar-refractivity contribution in [3.63, 3.8) is 0 Å². The predicted octanol–water partition coefficient (Wildman–Crippen LogP) is 2.72. The van der Waals surface area contributed by atoms with E-state index in [1.54, 1.807) is 0 Å². The summed E-state index contributed by atoms with van der Waals surface area (Å²) in [6.07, 6.45) is -0.0126. The second kappa shape index (κ2) is 3.86. The van der Waals surface area contributed by atoms with Gasteiger partial charge in [0.1, 0.15) is 0 Å². The molecule has 0 atom stereocenters. The lowest BCUT2D eigenvalue weighted by atomic mass is 10.2. The molecule has 72 valence electrons. The zero-order valence-electron chi connectivity index (χ0n) is 6.40. The maximum atomic E-state index is 12.6. The van der Waals surface area contributed by atoms with Crippen molar-refractivity contribution in [2.45, 2.75) is 10.2 Å². The Morgan fingerprint density at radius 1 is 1.38 bits per heavy atom. The summed E-state index contributed by atoms with van der Waals surface area (Å²) in [5, 5.41) is 0. The van der Waals surface area contributed by atoms with Gasteiger partial charge in [0.15, 0.2) is 3.79 Å². The first kappa shape index (κ1) is 10.8. The van der Waals surface area contributed by atoms with Crippen molar-refractivity contribution in [3.8, 4) is 0 Å². The number of nitrogens with two attached hydrogens (primary N) is 1. The highest BCUT2D eigenvalue weighted by atomic mass is 35.6. The number of anilines is 1. The number of pyridine rings is 1. The van der Waals surface area contributed by atoms with Gasteiger partial charge >= 0.3 is 0 Å². The smallest absolute Gasteiger partial charge is 0.213 e. The molecule has 0 fully saturated rings. The highest BCUT2D eigenvalue weighted by molar-refractivity contribution is 6.67. The van der Waals surface area contributed by atoms with Crippen molar-refractivity contribution in [1.29, 1.82) is 0 Å². The summed E-state index contributed by atoms with van der Waals surface area (Å²) in [5.74, 6) is -0.640. The summed E-state index contributed by atoms with van der Waals surface area (Å²) in [6.45, 7) is 0. The van der Waals surface area contributed by atoms with Gasteiger partial charge in [0.05, 0.1) is 11.4 Å². The summed E-state index contributed by atoms with van der Waals surface area (Å²) in [6, 6.07) is 2.53. The highest BCUT2D eigenvalue weighted by Gasteiger charge is 2.22. The van der Waals surface area contributed by atoms with E-state index in [0.717, 1.165) is 6.07 Å². The fourth-order valence-corrected chi connectivity index (χ4v) is 1.20. The lowest BCUT2D eigenvalue weighted by Crippen LogP contribution is -2.11. The first-order valence-corrected chi connectivity index (χ1v) is 4.49. The molecule has 0 saturated carbocycles. The van der Waals surface area contributed by atoms with Crippen LogP contribution in [0.15, 0.2) is 12.1 Å². The molecular weight excluding hydrogens is 237 g/mol. The molecule has 0 spiro atoms. The SMILES string of the molecule is Nc1ccc(F)nc1CC(Cl)(Cl)Cl. The normalized spacial score (nSPS) is 11.7. The molecule has 1 aromatic rings. The number of nitrogens with zero attached hydrogens (tertiary/aromatic N) is 1. The van der Waals surface area contributed by atoms with Crippen LogP contribution in [0, 0.1) is 5.95 Å². The average molecular weight is 243 g/mol. The number of nitrogen functional groups attached to an aromatic ring is 1. The van der Waals surface area contributed by atoms with Crippen LogP contribution in [0.3, 0.4) is 0 Å². The molecule has 1 aromatic heterocycles. The number of halogens is 4. The molecule has 0 unspecified atom stereocenters. The van der Waals surface area contributed by atoms with E-state index < -0.39 is 9.74 Å². The van der Waals surface area contributed by atoms with E-state index in [0.29, 0.717) is 5.69 Å². The monoisotopic (exact) mass is 242 g/mol. The summed E-state index contributed by atoms with van der Waals surface area (Å²) >= 11 is 16.5. The molecule has 6 heteroatoms. The van der Waals surface area contributed by atoms with E-state index in [4.69, 9.17) is 40.5 Å². The van der Waals surface area contributed by atoms with Gasteiger partial charge in [0.2, 0.25) is 5.95 Å². The van der Waals surface area contributed by atoms with Crippen LogP contribution < -0.4 is 5.73 Å². The molecule has 0 aromatic carbocycles. The van der Waals surface area contributed by atoms with Crippen LogP contribution in [-0.2, 0) is 6.42 Å². The Morgan fingerprint density at radius 3 is 2.54 bits per heavy atom. The molecule has 1 heterocycles. The van der Waals surface area contributed by atoms with Gasteiger partial charge in [-0.3, -0.25) is 0 Å². The molecule has 0 aliphatic heterocycles. The zero-order chi connectivity index (χ0) is 10.1.